The number of hydrogen-bond acceptors (Lipinski definition) is 2. The first-order valence-corrected chi connectivity index (χ1v) is 7.46. The molecule has 0 rings (SSSR count). The molecule has 0 aromatic heterocycles. The highest BCUT2D eigenvalue weighted by atomic mass is 15.1. The van der Waals surface area contributed by atoms with Crippen LogP contribution in [0.4, 0.5) is 0 Å². The number of nitrogens with one attached hydrogen (secondary N) is 1. The molecule has 2 nitrogen and oxygen atoms in total. The summed E-state index contributed by atoms with van der Waals surface area (Å²) in [4.78, 5) is 2.52. The summed E-state index contributed by atoms with van der Waals surface area (Å²) in [5.41, 5.74) is 1.47. The van der Waals surface area contributed by atoms with Gasteiger partial charge in [0.2, 0.25) is 0 Å². The summed E-state index contributed by atoms with van der Waals surface area (Å²) in [5.74, 6) is 0.827. The van der Waals surface area contributed by atoms with E-state index in [0.29, 0.717) is 0 Å². The Hall–Kier alpha value is -0.340. The van der Waals surface area contributed by atoms with Crippen molar-refractivity contribution in [3.05, 3.63) is 12.2 Å². The summed E-state index contributed by atoms with van der Waals surface area (Å²) in [6.07, 6.45) is 2.55. The zero-order valence-corrected chi connectivity index (χ0v) is 13.5. The molecule has 0 amide bonds. The van der Waals surface area contributed by atoms with Gasteiger partial charge in [-0.05, 0) is 38.8 Å². The molecule has 0 spiro atoms. The lowest BCUT2D eigenvalue weighted by molar-refractivity contribution is 0.248. The molecular weight excluding hydrogens is 220 g/mol. The Labute approximate surface area is 115 Å². The van der Waals surface area contributed by atoms with Crippen LogP contribution in [0, 0.1) is 5.92 Å². The van der Waals surface area contributed by atoms with Crippen LogP contribution in [0.5, 0.6) is 0 Å². The topological polar surface area (TPSA) is 15.3 Å². The van der Waals surface area contributed by atoms with Crippen LogP contribution in [-0.4, -0.2) is 36.6 Å². The molecule has 0 bridgehead atoms. The second-order valence-electron chi connectivity index (χ2n) is 6.36. The van der Waals surface area contributed by atoms with Gasteiger partial charge < -0.3 is 5.32 Å². The molecule has 0 atom stereocenters. The molecule has 0 heterocycles. The van der Waals surface area contributed by atoms with Gasteiger partial charge in [-0.1, -0.05) is 40.2 Å². The van der Waals surface area contributed by atoms with Crippen molar-refractivity contribution in [2.24, 2.45) is 5.92 Å². The number of rotatable bonds is 9. The third-order valence-corrected chi connectivity index (χ3v) is 3.43. The van der Waals surface area contributed by atoms with Crippen molar-refractivity contribution in [3.63, 3.8) is 0 Å². The molecular formula is C16H34N2. The molecule has 0 saturated heterocycles. The summed E-state index contributed by atoms with van der Waals surface area (Å²) in [5, 5.41) is 3.51. The minimum Gasteiger partial charge on any atom is -0.308 e. The van der Waals surface area contributed by atoms with E-state index < -0.39 is 0 Å². The number of likely N-dealkylation sites (N-methyl/N-ethyl adjacent to an activating group) is 1. The zero-order valence-electron chi connectivity index (χ0n) is 13.5. The molecule has 0 unspecified atom stereocenters. The van der Waals surface area contributed by atoms with Gasteiger partial charge in [-0.25, -0.2) is 0 Å². The van der Waals surface area contributed by atoms with Crippen LogP contribution in [0.1, 0.15) is 54.4 Å². The summed E-state index contributed by atoms with van der Waals surface area (Å²) in [6, 6.07) is 0. The monoisotopic (exact) mass is 254 g/mol. The standard InChI is InChI=1S/C16H34N2/c1-8-15(9-2)13-18(10-3)12-14(4)11-17-16(5,6)7/h15,17H,4,8-13H2,1-3,5-7H3. The second kappa shape index (κ2) is 8.71. The Morgan fingerprint density at radius 1 is 1.17 bits per heavy atom. The summed E-state index contributed by atoms with van der Waals surface area (Å²) >= 11 is 0. The predicted molar refractivity (Wildman–Crippen MR) is 83.1 cm³/mol. The first kappa shape index (κ1) is 17.7. The van der Waals surface area contributed by atoms with E-state index in [9.17, 15) is 0 Å². The summed E-state index contributed by atoms with van der Waals surface area (Å²) in [7, 11) is 0. The second-order valence-corrected chi connectivity index (χ2v) is 6.36. The maximum atomic E-state index is 4.20. The molecule has 0 saturated carbocycles. The normalized spacial score (nSPS) is 12.4. The molecule has 18 heavy (non-hydrogen) atoms. The SMILES string of the molecule is C=C(CNC(C)(C)C)CN(CC)CC(CC)CC. The molecule has 0 radical (unpaired) electrons. The van der Waals surface area contributed by atoms with Crippen molar-refractivity contribution in [1.29, 1.82) is 0 Å². The smallest absolute Gasteiger partial charge is 0.0202 e. The van der Waals surface area contributed by atoms with Crippen LogP contribution >= 0.6 is 0 Å². The lowest BCUT2D eigenvalue weighted by atomic mass is 10.0. The average Bonchev–Trinajstić information content (AvgIpc) is 2.31. The van der Waals surface area contributed by atoms with E-state index in [1.807, 2.05) is 0 Å². The fourth-order valence-corrected chi connectivity index (χ4v) is 1.98. The van der Waals surface area contributed by atoms with Gasteiger partial charge in [-0.15, -0.1) is 0 Å². The van der Waals surface area contributed by atoms with Crippen molar-refractivity contribution in [2.45, 2.75) is 59.9 Å². The van der Waals surface area contributed by atoms with Gasteiger partial charge in [0, 0.05) is 25.2 Å². The van der Waals surface area contributed by atoms with Crippen LogP contribution in [0.3, 0.4) is 0 Å². The van der Waals surface area contributed by atoms with Crippen LogP contribution in [-0.2, 0) is 0 Å². The number of hydrogen-bond donors (Lipinski definition) is 1. The molecule has 108 valence electrons. The van der Waals surface area contributed by atoms with Gasteiger partial charge in [0.25, 0.3) is 0 Å². The van der Waals surface area contributed by atoms with E-state index in [2.05, 4.69) is 58.3 Å². The van der Waals surface area contributed by atoms with E-state index in [1.165, 1.54) is 25.0 Å². The molecule has 0 aliphatic rings. The Kier molecular flexibility index (Phi) is 8.54. The van der Waals surface area contributed by atoms with Gasteiger partial charge in [-0.2, -0.15) is 0 Å². The highest BCUT2D eigenvalue weighted by Crippen LogP contribution is 2.11. The fourth-order valence-electron chi connectivity index (χ4n) is 1.98. The van der Waals surface area contributed by atoms with E-state index >= 15 is 0 Å². The quantitative estimate of drug-likeness (QED) is 0.631. The molecule has 1 N–H and O–H groups in total. The van der Waals surface area contributed by atoms with E-state index in [4.69, 9.17) is 0 Å². The molecule has 0 fully saturated rings. The highest BCUT2D eigenvalue weighted by Gasteiger charge is 2.13. The van der Waals surface area contributed by atoms with Crippen molar-refractivity contribution >= 4 is 0 Å². The number of nitrogens with zero attached hydrogens (tertiary/aromatic N) is 1. The molecule has 0 aliphatic heterocycles. The largest absolute Gasteiger partial charge is 0.308 e. The molecule has 0 aromatic rings. The van der Waals surface area contributed by atoms with Gasteiger partial charge >= 0.3 is 0 Å². The van der Waals surface area contributed by atoms with Crippen molar-refractivity contribution in [3.8, 4) is 0 Å². The van der Waals surface area contributed by atoms with Crippen molar-refractivity contribution in [2.75, 3.05) is 26.2 Å². The third kappa shape index (κ3) is 8.71. The highest BCUT2D eigenvalue weighted by molar-refractivity contribution is 5.01. The van der Waals surface area contributed by atoms with E-state index in [-0.39, 0.29) is 5.54 Å². The Morgan fingerprint density at radius 3 is 2.11 bits per heavy atom. The first-order valence-electron chi connectivity index (χ1n) is 7.46. The first-order chi connectivity index (χ1) is 8.32. The Balaban J connectivity index is 4.08. The fraction of sp³-hybridized carbons (Fsp3) is 0.875. The Morgan fingerprint density at radius 2 is 1.72 bits per heavy atom. The van der Waals surface area contributed by atoms with Crippen molar-refractivity contribution in [1.82, 2.24) is 10.2 Å². The van der Waals surface area contributed by atoms with Gasteiger partial charge in [0.1, 0.15) is 0 Å². The predicted octanol–water partition coefficient (Wildman–Crippen LogP) is 3.69. The van der Waals surface area contributed by atoms with E-state index in [1.54, 1.807) is 0 Å². The van der Waals surface area contributed by atoms with Crippen LogP contribution < -0.4 is 5.32 Å². The summed E-state index contributed by atoms with van der Waals surface area (Å²) in [6.45, 7) is 21.9. The average molecular weight is 254 g/mol. The van der Waals surface area contributed by atoms with Crippen LogP contribution in [0.15, 0.2) is 12.2 Å². The maximum absolute atomic E-state index is 4.20. The molecule has 0 aromatic carbocycles. The van der Waals surface area contributed by atoms with Crippen molar-refractivity contribution < 1.29 is 0 Å². The molecule has 0 aliphatic carbocycles. The third-order valence-electron chi connectivity index (χ3n) is 3.43. The minimum atomic E-state index is 0.176. The lowest BCUT2D eigenvalue weighted by Crippen LogP contribution is -2.39. The van der Waals surface area contributed by atoms with Crippen LogP contribution in [0.25, 0.3) is 0 Å². The molecule has 2 heteroatoms. The lowest BCUT2D eigenvalue weighted by Gasteiger charge is -2.27. The maximum Gasteiger partial charge on any atom is 0.0202 e. The van der Waals surface area contributed by atoms with Gasteiger partial charge in [-0.3, -0.25) is 4.90 Å². The van der Waals surface area contributed by atoms with Crippen LogP contribution in [0.2, 0.25) is 0 Å². The van der Waals surface area contributed by atoms with E-state index in [0.717, 1.165) is 25.6 Å². The minimum absolute atomic E-state index is 0.176. The Bertz CT molecular complexity index is 224. The zero-order chi connectivity index (χ0) is 14.2. The van der Waals surface area contributed by atoms with Gasteiger partial charge in [0.05, 0.1) is 0 Å². The van der Waals surface area contributed by atoms with Gasteiger partial charge in [0.15, 0.2) is 0 Å². The summed E-state index contributed by atoms with van der Waals surface area (Å²) < 4.78 is 0.